The molecule has 0 amide bonds. The topological polar surface area (TPSA) is 54.5 Å². The number of aliphatic hydroxyl groups excluding tert-OH is 1. The Morgan fingerprint density at radius 3 is 2.56 bits per heavy atom. The molecule has 3 N–H and O–H groups in total. The molecule has 1 saturated heterocycles. The average Bonchev–Trinajstić information content (AvgIpc) is 3.47. The van der Waals surface area contributed by atoms with E-state index in [9.17, 15) is 22.7 Å². The van der Waals surface area contributed by atoms with Crippen LogP contribution in [0.15, 0.2) is 30.3 Å². The van der Waals surface area contributed by atoms with Crippen LogP contribution >= 0.6 is 0 Å². The highest BCUT2D eigenvalue weighted by atomic mass is 19.3. The fourth-order valence-electron chi connectivity index (χ4n) is 6.00. The monoisotopic (exact) mass is 554 g/mol. The number of fused-ring (bicyclic) bond motifs is 3. The van der Waals surface area contributed by atoms with Crippen LogP contribution in [0.25, 0.3) is 10.9 Å². The van der Waals surface area contributed by atoms with Gasteiger partial charge in [-0.1, -0.05) is 0 Å². The zero-order chi connectivity index (χ0) is 27.9. The number of aliphatic hydroxyl groups is 1. The van der Waals surface area contributed by atoms with E-state index in [1.54, 1.807) is 6.92 Å². The van der Waals surface area contributed by atoms with Crippen molar-refractivity contribution < 1.29 is 31.4 Å². The molecule has 5 rings (SSSR count). The molecule has 3 unspecified atom stereocenters. The highest BCUT2D eigenvalue weighted by molar-refractivity contribution is 5.85. The summed E-state index contributed by atoms with van der Waals surface area (Å²) in [5, 5.41) is 12.9. The number of hydrogen-bond donors (Lipinski definition) is 3. The van der Waals surface area contributed by atoms with Crippen LogP contribution < -0.4 is 5.32 Å². The normalized spacial score (nSPS) is 22.5. The van der Waals surface area contributed by atoms with Crippen LogP contribution in [0, 0.1) is 17.5 Å². The van der Waals surface area contributed by atoms with E-state index in [1.165, 1.54) is 23.1 Å². The highest BCUT2D eigenvalue weighted by Gasteiger charge is 2.43. The Hall–Kier alpha value is -2.76. The van der Waals surface area contributed by atoms with Crippen molar-refractivity contribution in [3.05, 3.63) is 64.6 Å². The van der Waals surface area contributed by atoms with E-state index in [0.29, 0.717) is 41.7 Å². The van der Waals surface area contributed by atoms with Crippen LogP contribution in [-0.4, -0.2) is 77.4 Å². The van der Waals surface area contributed by atoms with Gasteiger partial charge in [-0.05, 0) is 62.1 Å². The summed E-state index contributed by atoms with van der Waals surface area (Å²) in [6.45, 7) is 0.909. The number of aromatic nitrogens is 1. The number of alkyl halides is 3. The summed E-state index contributed by atoms with van der Waals surface area (Å²) in [4.78, 5) is 6.47. The quantitative estimate of drug-likeness (QED) is 0.311. The molecule has 3 atom stereocenters. The molecule has 3 aromatic rings. The van der Waals surface area contributed by atoms with Gasteiger partial charge in [0.1, 0.15) is 24.1 Å². The average molecular weight is 555 g/mol. The van der Waals surface area contributed by atoms with Gasteiger partial charge in [0, 0.05) is 59.6 Å². The van der Waals surface area contributed by atoms with Gasteiger partial charge < -0.3 is 20.3 Å². The minimum absolute atomic E-state index is 0.0705. The van der Waals surface area contributed by atoms with Crippen molar-refractivity contribution in [1.82, 2.24) is 14.8 Å². The van der Waals surface area contributed by atoms with Crippen molar-refractivity contribution in [3.8, 4) is 0 Å². The number of nitrogens with one attached hydrogen (secondary N) is 2. The summed E-state index contributed by atoms with van der Waals surface area (Å²) in [5.74, 6) is -5.80. The Morgan fingerprint density at radius 2 is 1.87 bits per heavy atom. The van der Waals surface area contributed by atoms with E-state index in [1.807, 2.05) is 0 Å². The van der Waals surface area contributed by atoms with E-state index < -0.39 is 60.8 Å². The van der Waals surface area contributed by atoms with Crippen molar-refractivity contribution in [1.29, 1.82) is 0 Å². The van der Waals surface area contributed by atoms with Crippen molar-refractivity contribution in [2.45, 2.75) is 50.2 Å². The fourth-order valence-corrected chi connectivity index (χ4v) is 6.00. The van der Waals surface area contributed by atoms with Gasteiger partial charge >= 0.3 is 0 Å². The number of halogens is 6. The number of nitrogens with zero attached hydrogens (tertiary/aromatic N) is 2. The second-order valence-corrected chi connectivity index (χ2v) is 10.7. The summed E-state index contributed by atoms with van der Waals surface area (Å²) >= 11 is 0. The maximum atomic E-state index is 15.8. The van der Waals surface area contributed by atoms with Crippen LogP contribution in [-0.2, 0) is 6.42 Å². The fraction of sp³-hybridized carbons (Fsp3) is 0.500. The lowest BCUT2D eigenvalue weighted by Crippen LogP contribution is -2.49. The minimum atomic E-state index is -3.51. The summed E-state index contributed by atoms with van der Waals surface area (Å²) in [5.41, 5.74) is 1.30. The number of hydrogen-bond acceptors (Lipinski definition) is 4. The first-order valence-electron chi connectivity index (χ1n) is 13.2. The van der Waals surface area contributed by atoms with Gasteiger partial charge in [0.25, 0.3) is 5.92 Å². The van der Waals surface area contributed by atoms with Gasteiger partial charge in [0.05, 0.1) is 19.3 Å². The summed E-state index contributed by atoms with van der Waals surface area (Å²) in [6, 6.07) is 4.49. The molecular weight excluding hydrogens is 522 g/mol. The molecular formula is C28H32F6N4O. The van der Waals surface area contributed by atoms with Gasteiger partial charge in [0.15, 0.2) is 0 Å². The lowest BCUT2D eigenvalue weighted by Gasteiger charge is -2.42. The van der Waals surface area contributed by atoms with Crippen LogP contribution in [0.5, 0.6) is 0 Å². The number of rotatable bonds is 9. The lowest BCUT2D eigenvalue weighted by molar-refractivity contribution is -0.0869. The maximum Gasteiger partial charge on any atom is 0.283 e. The Kier molecular flexibility index (Phi) is 7.85. The molecule has 3 heterocycles. The van der Waals surface area contributed by atoms with Crippen molar-refractivity contribution in [2.75, 3.05) is 44.8 Å². The van der Waals surface area contributed by atoms with Crippen molar-refractivity contribution in [3.63, 3.8) is 0 Å². The molecule has 11 heteroatoms. The molecule has 1 aromatic heterocycles. The summed E-state index contributed by atoms with van der Waals surface area (Å²) in [6.07, 6.45) is 1.41. The standard InChI is InChI=1S/C28H32F6N4O/c1-16-9-21-20-10-17(30)3-4-24(20)36-26(21)27(38(16)14-28(33,34)15-39)25-22(31)11-19(12-23(25)32)35-18-5-8-37(13-18)7-2-6-29/h3-4,10-12,16,18,27,35-36,39H,2,5-9,13-15H2,1H3. The molecule has 212 valence electrons. The van der Waals surface area contributed by atoms with Gasteiger partial charge in [-0.25, -0.2) is 22.0 Å². The third-order valence-corrected chi connectivity index (χ3v) is 7.82. The molecule has 1 fully saturated rings. The molecule has 5 nitrogen and oxygen atoms in total. The van der Waals surface area contributed by atoms with Gasteiger partial charge in [-0.15, -0.1) is 0 Å². The molecule has 0 spiro atoms. The number of aromatic amines is 1. The second-order valence-electron chi connectivity index (χ2n) is 10.7. The first-order valence-corrected chi connectivity index (χ1v) is 13.2. The van der Waals surface area contributed by atoms with E-state index in [4.69, 9.17) is 0 Å². The van der Waals surface area contributed by atoms with Crippen LogP contribution in [0.3, 0.4) is 0 Å². The lowest BCUT2D eigenvalue weighted by atomic mass is 9.87. The zero-order valence-electron chi connectivity index (χ0n) is 21.6. The van der Waals surface area contributed by atoms with Crippen LogP contribution in [0.4, 0.5) is 32.0 Å². The first kappa shape index (κ1) is 27.8. The van der Waals surface area contributed by atoms with Crippen LogP contribution in [0.1, 0.15) is 42.6 Å². The largest absolute Gasteiger partial charge is 0.390 e. The van der Waals surface area contributed by atoms with Crippen molar-refractivity contribution >= 4 is 16.6 Å². The number of H-pyrrole nitrogens is 1. The molecule has 0 saturated carbocycles. The highest BCUT2D eigenvalue weighted by Crippen LogP contribution is 2.44. The van der Waals surface area contributed by atoms with Gasteiger partial charge in [-0.2, -0.15) is 0 Å². The predicted octanol–water partition coefficient (Wildman–Crippen LogP) is 5.39. The smallest absolute Gasteiger partial charge is 0.283 e. The zero-order valence-corrected chi connectivity index (χ0v) is 21.6. The Balaban J connectivity index is 1.52. The van der Waals surface area contributed by atoms with E-state index in [-0.39, 0.29) is 18.2 Å². The third kappa shape index (κ3) is 5.62. The molecule has 2 aromatic carbocycles. The predicted molar refractivity (Wildman–Crippen MR) is 137 cm³/mol. The van der Waals surface area contributed by atoms with Crippen LogP contribution in [0.2, 0.25) is 0 Å². The van der Waals surface area contributed by atoms with Gasteiger partial charge in [-0.3, -0.25) is 9.29 Å². The molecule has 39 heavy (non-hydrogen) atoms. The summed E-state index contributed by atoms with van der Waals surface area (Å²) in [7, 11) is 0. The van der Waals surface area contributed by atoms with E-state index in [0.717, 1.165) is 25.1 Å². The molecule has 2 aliphatic heterocycles. The molecule has 2 aliphatic rings. The van der Waals surface area contributed by atoms with E-state index >= 15 is 8.78 Å². The number of likely N-dealkylation sites (tertiary alicyclic amines) is 1. The number of anilines is 1. The maximum absolute atomic E-state index is 15.8. The second kappa shape index (κ2) is 11.0. The third-order valence-electron chi connectivity index (χ3n) is 7.82. The molecule has 0 radical (unpaired) electrons. The van der Waals surface area contributed by atoms with Gasteiger partial charge in [0.2, 0.25) is 0 Å². The molecule has 0 aliphatic carbocycles. The minimum Gasteiger partial charge on any atom is -0.390 e. The van der Waals surface area contributed by atoms with Crippen molar-refractivity contribution in [2.24, 2.45) is 0 Å². The summed E-state index contributed by atoms with van der Waals surface area (Å²) < 4.78 is 87.0. The molecule has 0 bridgehead atoms. The number of benzene rings is 2. The first-order chi connectivity index (χ1) is 18.6. The Labute approximate surface area is 222 Å². The SMILES string of the molecule is CC1Cc2c([nH]c3ccc(F)cc23)C(c2c(F)cc(NC3CCN(CCCF)C3)cc2F)N1CC(F)(F)CO. The van der Waals surface area contributed by atoms with E-state index in [2.05, 4.69) is 15.2 Å². The Bertz CT molecular complexity index is 1310. The Morgan fingerprint density at radius 1 is 1.13 bits per heavy atom.